The first-order valence-corrected chi connectivity index (χ1v) is 10.1. The maximum absolute atomic E-state index is 12.4. The van der Waals surface area contributed by atoms with Gasteiger partial charge in [0.1, 0.15) is 11.3 Å². The number of carbonyl (C=O) groups excluding carboxylic acids is 1. The smallest absolute Gasteiger partial charge is 0.272 e. The largest absolute Gasteiger partial charge is 0.492 e. The second-order valence-electron chi connectivity index (χ2n) is 6.20. The molecule has 30 heavy (non-hydrogen) atoms. The Balaban J connectivity index is 1.94. The van der Waals surface area contributed by atoms with Gasteiger partial charge < -0.3 is 14.0 Å². The van der Waals surface area contributed by atoms with Crippen molar-refractivity contribution in [3.8, 4) is 5.75 Å². The number of para-hydroxylation sites is 1. The second-order valence-corrected chi connectivity index (χ2v) is 7.21. The zero-order valence-corrected chi connectivity index (χ0v) is 17.4. The van der Waals surface area contributed by atoms with Crippen LogP contribution in [0.4, 0.5) is 5.69 Å². The Morgan fingerprint density at radius 1 is 1.27 bits per heavy atom. The Bertz CT molecular complexity index is 1150. The molecule has 0 aliphatic carbocycles. The van der Waals surface area contributed by atoms with Crippen molar-refractivity contribution in [2.45, 2.75) is 13.5 Å². The predicted molar refractivity (Wildman–Crippen MR) is 116 cm³/mol. The Morgan fingerprint density at radius 3 is 2.70 bits per heavy atom. The molecule has 9 heteroatoms. The molecule has 0 spiro atoms. The fourth-order valence-corrected chi connectivity index (χ4v) is 3.93. The Kier molecular flexibility index (Phi) is 7.10. The summed E-state index contributed by atoms with van der Waals surface area (Å²) in [5.74, 6) is 0.307. The lowest BCUT2D eigenvalue weighted by Gasteiger charge is -2.09. The molecule has 1 aromatic heterocycles. The second kappa shape index (κ2) is 9.95. The molecule has 0 saturated heterocycles. The summed E-state index contributed by atoms with van der Waals surface area (Å²) in [6, 6.07) is 11.7. The van der Waals surface area contributed by atoms with Gasteiger partial charge in [0, 0.05) is 31.9 Å². The van der Waals surface area contributed by atoms with Crippen LogP contribution in [-0.4, -0.2) is 35.7 Å². The third kappa shape index (κ3) is 5.00. The van der Waals surface area contributed by atoms with Crippen molar-refractivity contribution in [2.75, 3.05) is 20.3 Å². The van der Waals surface area contributed by atoms with Crippen molar-refractivity contribution in [1.82, 2.24) is 4.57 Å². The van der Waals surface area contributed by atoms with E-state index in [1.165, 1.54) is 29.5 Å². The van der Waals surface area contributed by atoms with Crippen molar-refractivity contribution in [2.24, 2.45) is 4.99 Å². The normalized spacial score (nSPS) is 12.0. The molecule has 0 bridgehead atoms. The molecule has 8 nitrogen and oxygen atoms in total. The number of methoxy groups -OCH3 is 1. The van der Waals surface area contributed by atoms with E-state index in [4.69, 9.17) is 9.47 Å². The zero-order valence-electron chi connectivity index (χ0n) is 16.6. The minimum atomic E-state index is -0.468. The van der Waals surface area contributed by atoms with E-state index in [1.807, 2.05) is 29.7 Å². The van der Waals surface area contributed by atoms with Crippen molar-refractivity contribution in [3.05, 3.63) is 69.0 Å². The highest BCUT2D eigenvalue weighted by Gasteiger charge is 2.12. The van der Waals surface area contributed by atoms with Crippen LogP contribution < -0.4 is 9.54 Å². The number of hydrogen-bond donors (Lipinski definition) is 0. The molecule has 0 aliphatic rings. The van der Waals surface area contributed by atoms with Crippen LogP contribution in [0, 0.1) is 10.1 Å². The number of ether oxygens (including phenoxy) is 2. The fraction of sp³-hybridized carbons (Fsp3) is 0.238. The Labute approximate surface area is 176 Å². The number of carbonyl (C=O) groups is 1. The molecular weight excluding hydrogens is 406 g/mol. The van der Waals surface area contributed by atoms with Crippen molar-refractivity contribution in [1.29, 1.82) is 0 Å². The molecule has 0 atom stereocenters. The van der Waals surface area contributed by atoms with Crippen LogP contribution in [0.1, 0.15) is 12.5 Å². The van der Waals surface area contributed by atoms with Gasteiger partial charge in [-0.1, -0.05) is 17.4 Å². The molecule has 0 aliphatic heterocycles. The maximum Gasteiger partial charge on any atom is 0.272 e. The number of non-ortho nitro benzene ring substituents is 1. The van der Waals surface area contributed by atoms with Crippen LogP contribution >= 0.6 is 11.3 Å². The van der Waals surface area contributed by atoms with Crippen LogP contribution in [0.3, 0.4) is 0 Å². The van der Waals surface area contributed by atoms with Gasteiger partial charge in [-0.25, -0.2) is 0 Å². The fourth-order valence-electron chi connectivity index (χ4n) is 2.85. The maximum atomic E-state index is 12.4. The lowest BCUT2D eigenvalue weighted by atomic mass is 10.2. The number of fused-ring (bicyclic) bond motifs is 1. The minimum absolute atomic E-state index is 0.00210. The van der Waals surface area contributed by atoms with E-state index in [1.54, 1.807) is 25.3 Å². The van der Waals surface area contributed by atoms with Gasteiger partial charge in [0.05, 0.1) is 22.8 Å². The first-order chi connectivity index (χ1) is 14.5. The van der Waals surface area contributed by atoms with Crippen LogP contribution in [0.2, 0.25) is 0 Å². The summed E-state index contributed by atoms with van der Waals surface area (Å²) in [7, 11) is 1.62. The highest BCUT2D eigenvalue weighted by molar-refractivity contribution is 7.16. The standard InChI is InChI=1S/C21H21N3O5S/c1-3-29-17-5-4-6-18-20(17)23(13-14-28-2)21(30-18)22-19(25)12-9-15-7-10-16(11-8-15)24(26)27/h4-12H,3,13-14H2,1-2H3. The predicted octanol–water partition coefficient (Wildman–Crippen LogP) is 3.80. The molecule has 0 fully saturated rings. The quantitative estimate of drug-likeness (QED) is 0.310. The third-order valence-corrected chi connectivity index (χ3v) is 5.25. The van der Waals surface area contributed by atoms with Gasteiger partial charge in [-0.2, -0.15) is 4.99 Å². The SMILES string of the molecule is CCOc1cccc2sc(=NC(=O)C=Cc3ccc([N+](=O)[O-])cc3)n(CCOC)c12. The van der Waals surface area contributed by atoms with Crippen molar-refractivity contribution >= 4 is 39.2 Å². The molecule has 3 rings (SSSR count). The number of rotatable bonds is 8. The summed E-state index contributed by atoms with van der Waals surface area (Å²) < 4.78 is 13.8. The van der Waals surface area contributed by atoms with Crippen LogP contribution in [0.25, 0.3) is 16.3 Å². The molecule has 156 valence electrons. The van der Waals surface area contributed by atoms with E-state index >= 15 is 0 Å². The molecule has 1 amide bonds. The minimum Gasteiger partial charge on any atom is -0.492 e. The van der Waals surface area contributed by atoms with Gasteiger partial charge in [0.2, 0.25) is 0 Å². The van der Waals surface area contributed by atoms with Gasteiger partial charge in [0.25, 0.3) is 11.6 Å². The first-order valence-electron chi connectivity index (χ1n) is 9.28. The van der Waals surface area contributed by atoms with Crippen LogP contribution in [-0.2, 0) is 16.1 Å². The topological polar surface area (TPSA) is 96.0 Å². The van der Waals surface area contributed by atoms with Crippen LogP contribution in [0.15, 0.2) is 53.5 Å². The number of hydrogen-bond acceptors (Lipinski definition) is 6. The van der Waals surface area contributed by atoms with E-state index in [9.17, 15) is 14.9 Å². The monoisotopic (exact) mass is 427 g/mol. The number of aromatic nitrogens is 1. The third-order valence-electron chi connectivity index (χ3n) is 4.21. The zero-order chi connectivity index (χ0) is 21.5. The first kappa shape index (κ1) is 21.4. The van der Waals surface area contributed by atoms with Gasteiger partial charge in [0.15, 0.2) is 4.80 Å². The lowest BCUT2D eigenvalue weighted by molar-refractivity contribution is -0.384. The number of amides is 1. The summed E-state index contributed by atoms with van der Waals surface area (Å²) in [6.07, 6.45) is 2.92. The number of nitro groups is 1. The molecule has 1 heterocycles. The van der Waals surface area contributed by atoms with E-state index in [2.05, 4.69) is 4.99 Å². The Hall–Kier alpha value is -3.30. The number of benzene rings is 2. The van der Waals surface area contributed by atoms with E-state index in [0.29, 0.717) is 30.1 Å². The summed E-state index contributed by atoms with van der Waals surface area (Å²) >= 11 is 1.40. The highest BCUT2D eigenvalue weighted by Crippen LogP contribution is 2.27. The number of thiazole rings is 1. The van der Waals surface area contributed by atoms with E-state index in [-0.39, 0.29) is 5.69 Å². The summed E-state index contributed by atoms with van der Waals surface area (Å²) in [5, 5.41) is 10.7. The molecule has 3 aromatic rings. The Morgan fingerprint density at radius 2 is 2.03 bits per heavy atom. The average molecular weight is 427 g/mol. The number of nitro benzene ring substituents is 1. The number of nitrogens with zero attached hydrogens (tertiary/aromatic N) is 3. The molecule has 0 saturated carbocycles. The summed E-state index contributed by atoms with van der Waals surface area (Å²) in [6.45, 7) is 3.44. The summed E-state index contributed by atoms with van der Waals surface area (Å²) in [4.78, 5) is 27.5. The van der Waals surface area contributed by atoms with Gasteiger partial charge in [-0.15, -0.1) is 0 Å². The molecular formula is C21H21N3O5S. The van der Waals surface area contributed by atoms with E-state index < -0.39 is 10.8 Å². The molecule has 2 aromatic carbocycles. The molecule has 0 N–H and O–H groups in total. The molecule has 0 unspecified atom stereocenters. The highest BCUT2D eigenvalue weighted by atomic mass is 32.1. The van der Waals surface area contributed by atoms with Gasteiger partial charge in [-0.05, 0) is 42.8 Å². The lowest BCUT2D eigenvalue weighted by Crippen LogP contribution is -2.19. The van der Waals surface area contributed by atoms with Gasteiger partial charge in [-0.3, -0.25) is 14.9 Å². The average Bonchev–Trinajstić information content (AvgIpc) is 3.09. The van der Waals surface area contributed by atoms with Crippen LogP contribution in [0.5, 0.6) is 5.75 Å². The van der Waals surface area contributed by atoms with Crippen molar-refractivity contribution < 1.29 is 19.2 Å². The van der Waals surface area contributed by atoms with Crippen molar-refractivity contribution in [3.63, 3.8) is 0 Å². The molecule has 0 radical (unpaired) electrons. The van der Waals surface area contributed by atoms with Gasteiger partial charge >= 0.3 is 0 Å². The van der Waals surface area contributed by atoms with E-state index in [0.717, 1.165) is 16.0 Å². The summed E-state index contributed by atoms with van der Waals surface area (Å²) in [5.41, 5.74) is 1.55.